The van der Waals surface area contributed by atoms with Gasteiger partial charge < -0.3 is 10.1 Å². The molecule has 7 heterocycles. The smallest absolute Gasteiger partial charge is 0.354 e. The number of aromatic nitrogens is 12. The third kappa shape index (κ3) is 23.2. The van der Waals surface area contributed by atoms with Gasteiger partial charge in [0.2, 0.25) is 0 Å². The van der Waals surface area contributed by atoms with Crippen molar-refractivity contribution in [2.24, 2.45) is 0 Å². The number of carbonyl (C=O) groups is 1. The van der Waals surface area contributed by atoms with Crippen molar-refractivity contribution < 1.29 is 137 Å². The molecule has 25 heteroatoms. The number of fused-ring (bicyclic) bond motifs is 3. The molecule has 0 fully saturated rings. The van der Waals surface area contributed by atoms with Crippen LogP contribution in [0.5, 0.6) is 0 Å². The molecule has 103 heavy (non-hydrogen) atoms. The minimum absolute atomic E-state index is 0. The first-order valence-corrected chi connectivity index (χ1v) is 30.0. The monoisotopic (exact) mass is 2270 g/mol. The van der Waals surface area contributed by atoms with E-state index in [4.69, 9.17) is 5.11 Å². The molecular formula is C78H56F6Ir5N12O2-6. The Morgan fingerprint density at radius 1 is 0.437 bits per heavy atom. The Labute approximate surface area is 658 Å². The van der Waals surface area contributed by atoms with Gasteiger partial charge in [-0.05, 0) is 87.6 Å². The van der Waals surface area contributed by atoms with E-state index >= 15 is 0 Å². The summed E-state index contributed by atoms with van der Waals surface area (Å²) in [6.45, 7) is 6.61. The minimum atomic E-state index is -0.990. The van der Waals surface area contributed by atoms with Crippen LogP contribution in [0.15, 0.2) is 281 Å². The molecule has 0 unspecified atom stereocenters. The van der Waals surface area contributed by atoms with Crippen molar-refractivity contribution in [3.63, 3.8) is 0 Å². The number of carboxylic acid groups (broad SMARTS) is 1. The van der Waals surface area contributed by atoms with E-state index in [2.05, 4.69) is 147 Å². The number of para-hydroxylation sites is 1. The topological polar surface area (TPSA) is 152 Å². The third-order valence-corrected chi connectivity index (χ3v) is 14.4. The largest absolute Gasteiger partial charge is 0.477 e. The van der Waals surface area contributed by atoms with E-state index in [-0.39, 0.29) is 129 Å². The number of rotatable bonds is 8. The molecule has 7 aromatic heterocycles. The summed E-state index contributed by atoms with van der Waals surface area (Å²) in [4.78, 5) is 18.0. The second-order valence-electron chi connectivity index (χ2n) is 21.5. The fourth-order valence-electron chi connectivity index (χ4n) is 9.63. The molecule has 16 rings (SSSR count). The number of hydrogen-bond donors (Lipinski definition) is 1. The molecule has 0 spiro atoms. The molecule has 0 bridgehead atoms. The van der Waals surface area contributed by atoms with Crippen molar-refractivity contribution in [2.75, 3.05) is 0 Å². The quantitative estimate of drug-likeness (QED) is 0.116. The fourth-order valence-corrected chi connectivity index (χ4v) is 9.63. The van der Waals surface area contributed by atoms with Gasteiger partial charge in [-0.1, -0.05) is 105 Å². The Morgan fingerprint density at radius 2 is 0.942 bits per heavy atom. The number of halogens is 6. The maximum Gasteiger partial charge on any atom is 0.354 e. The Hall–Kier alpha value is -9.59. The van der Waals surface area contributed by atoms with Gasteiger partial charge in [0, 0.05) is 209 Å². The van der Waals surface area contributed by atoms with Crippen LogP contribution in [0, 0.1) is 78.2 Å². The van der Waals surface area contributed by atoms with E-state index in [0.29, 0.717) is 0 Å². The van der Waals surface area contributed by atoms with Gasteiger partial charge >= 0.3 is 5.97 Å². The number of benzene rings is 8. The molecule has 1 aliphatic carbocycles. The van der Waals surface area contributed by atoms with Crippen LogP contribution in [-0.4, -0.2) is 69.9 Å². The van der Waals surface area contributed by atoms with Crippen LogP contribution >= 0.6 is 0 Å². The second-order valence-corrected chi connectivity index (χ2v) is 21.5. The molecule has 0 amide bonds. The minimum Gasteiger partial charge on any atom is -0.477 e. The van der Waals surface area contributed by atoms with E-state index in [1.165, 1.54) is 78.3 Å². The molecule has 0 atom stereocenters. The van der Waals surface area contributed by atoms with Crippen molar-refractivity contribution in [3.05, 3.63) is 374 Å². The van der Waals surface area contributed by atoms with Crippen LogP contribution in [0.4, 0.5) is 26.3 Å². The van der Waals surface area contributed by atoms with Crippen LogP contribution in [-0.2, 0) is 106 Å². The molecule has 0 aliphatic heterocycles. The SMILES string of the molecule is CC1(C)c2ccc(-n3cccn3)[c-]c2-c2ccccc21.Cc1c[c-]c(-c2ccccn2)cc1.Fc1c[c-]c(-n2cccn2)c(F)c1.Fc1c[c-]c(-n2cccn2)c(F)c1.Fc1c[c-]c(-n2cccn2)c(F)c1.O=C(O)c1ccccn1.[Ir].[Ir].[Ir].[Ir].[Ir].[c-]1ccccc1-n1cc(-c2ccccc2)cn1. The summed E-state index contributed by atoms with van der Waals surface area (Å²) in [5.41, 5.74) is 13.2. The van der Waals surface area contributed by atoms with Crippen molar-refractivity contribution in [1.82, 2.24) is 58.9 Å². The van der Waals surface area contributed by atoms with Gasteiger partial charge in [-0.25, -0.2) is 9.78 Å². The number of pyridine rings is 2. The Bertz CT molecular complexity index is 4710. The molecule has 0 saturated carbocycles. The molecular weight excluding hydrogens is 2210 g/mol. The van der Waals surface area contributed by atoms with Crippen LogP contribution in [0.1, 0.15) is 41.0 Å². The van der Waals surface area contributed by atoms with Crippen molar-refractivity contribution in [3.8, 4) is 61.9 Å². The van der Waals surface area contributed by atoms with E-state index in [1.807, 2.05) is 107 Å². The number of aromatic carboxylic acids is 1. The van der Waals surface area contributed by atoms with Gasteiger partial charge in [-0.15, -0.1) is 107 Å². The number of hydrogen-bond acceptors (Lipinski definition) is 8. The molecule has 1 aliphatic rings. The van der Waals surface area contributed by atoms with Gasteiger partial charge in [-0.2, -0.15) is 68.0 Å². The molecule has 8 aromatic carbocycles. The van der Waals surface area contributed by atoms with Gasteiger partial charge in [0.1, 0.15) is 5.69 Å². The van der Waals surface area contributed by atoms with Gasteiger partial charge in [0.15, 0.2) is 0 Å². The Balaban J connectivity index is 0.000000217. The zero-order valence-corrected chi connectivity index (χ0v) is 66.2. The normalized spacial score (nSPS) is 10.5. The predicted molar refractivity (Wildman–Crippen MR) is 359 cm³/mol. The summed E-state index contributed by atoms with van der Waals surface area (Å²) in [5.74, 6) is -4.96. The first-order chi connectivity index (χ1) is 47.6. The molecule has 0 saturated heterocycles. The summed E-state index contributed by atoms with van der Waals surface area (Å²) < 4.78 is 84.3. The standard InChI is InChI=1S/C18H15N2.C15H11N2.C12H10N.3C9H5F2N2.C6H5NO2.5Ir/c1-18(2)16-7-4-3-6-14(16)15-12-13(8-9-17(15)18)20-11-5-10-19-20;1-3-7-13(8-4-1)14-11-16-17(12-14)15-9-5-2-6-10-15;1-10-5-7-11(8-6-10)12-4-2-3-9-13-12;3*10-7-2-3-9(8(11)6-7)13-5-1-4-12-13;8-6(9)5-3-1-2-4-7-5;;;;;/h3-11H,1-2H3;1-9,11-12H;2-7,9H,1H3;3*1-2,4-6H;1-4H,(H,8,9);;;;;/q6*-1;;;;;;. The van der Waals surface area contributed by atoms with E-state index in [9.17, 15) is 31.1 Å². The van der Waals surface area contributed by atoms with Crippen molar-refractivity contribution >= 4 is 5.97 Å². The second kappa shape index (κ2) is 41.5. The zero-order valence-electron chi connectivity index (χ0n) is 54.2. The van der Waals surface area contributed by atoms with Crippen LogP contribution < -0.4 is 0 Å². The summed E-state index contributed by atoms with van der Waals surface area (Å²) >= 11 is 0. The summed E-state index contributed by atoms with van der Waals surface area (Å²) in [7, 11) is 0. The first-order valence-electron chi connectivity index (χ1n) is 30.0. The van der Waals surface area contributed by atoms with Crippen LogP contribution in [0.3, 0.4) is 0 Å². The average molecular weight is 2270 g/mol. The maximum atomic E-state index is 13.1. The summed E-state index contributed by atoms with van der Waals surface area (Å²) in [5, 5.41) is 28.4. The Kier molecular flexibility index (Phi) is 33.9. The zero-order chi connectivity index (χ0) is 68.8. The fraction of sp³-hybridized carbons (Fsp3) is 0.0513. The van der Waals surface area contributed by atoms with Crippen molar-refractivity contribution in [2.45, 2.75) is 26.2 Å². The maximum absolute atomic E-state index is 13.1. The first kappa shape index (κ1) is 84.1. The van der Waals surface area contributed by atoms with Gasteiger partial charge in [0.05, 0.1) is 6.20 Å². The van der Waals surface area contributed by atoms with Crippen LogP contribution in [0.2, 0.25) is 0 Å². The molecule has 5 radical (unpaired) electrons. The average Bonchev–Trinajstić information content (AvgIpc) is 1.58. The molecule has 14 nitrogen and oxygen atoms in total. The van der Waals surface area contributed by atoms with E-state index < -0.39 is 40.9 Å². The summed E-state index contributed by atoms with van der Waals surface area (Å²) in [6, 6.07) is 77.4. The number of nitrogens with zero attached hydrogens (tertiary/aromatic N) is 12. The van der Waals surface area contributed by atoms with Crippen molar-refractivity contribution in [1.29, 1.82) is 0 Å². The summed E-state index contributed by atoms with van der Waals surface area (Å²) in [6.07, 6.45) is 20.1. The predicted octanol–water partition coefficient (Wildman–Crippen LogP) is 16.8. The van der Waals surface area contributed by atoms with E-state index in [1.54, 1.807) is 61.3 Å². The molecule has 15 aromatic rings. The number of aryl methyl sites for hydroxylation is 1. The number of carboxylic acids is 1. The Morgan fingerprint density at radius 3 is 1.39 bits per heavy atom. The van der Waals surface area contributed by atoms with Gasteiger partial charge in [-0.3, -0.25) is 49.8 Å². The molecule has 533 valence electrons. The molecule has 1 N–H and O–H groups in total. The van der Waals surface area contributed by atoms with E-state index in [0.717, 1.165) is 64.6 Å². The van der Waals surface area contributed by atoms with Crippen LogP contribution in [0.25, 0.3) is 61.9 Å². The third-order valence-electron chi connectivity index (χ3n) is 14.4. The van der Waals surface area contributed by atoms with Gasteiger partial charge in [0.25, 0.3) is 0 Å².